The van der Waals surface area contributed by atoms with Gasteiger partial charge >= 0.3 is 0 Å². The van der Waals surface area contributed by atoms with Crippen molar-refractivity contribution >= 4 is 0 Å². The lowest BCUT2D eigenvalue weighted by atomic mass is 9.76. The zero-order valence-corrected chi connectivity index (χ0v) is 12.8. The van der Waals surface area contributed by atoms with E-state index in [0.29, 0.717) is 5.92 Å². The zero-order valence-electron chi connectivity index (χ0n) is 12.8. The normalized spacial score (nSPS) is 24.2. The third-order valence-corrected chi connectivity index (χ3v) is 4.61. The van der Waals surface area contributed by atoms with E-state index in [1.165, 1.54) is 19.3 Å². The first-order valence-corrected chi connectivity index (χ1v) is 7.59. The summed E-state index contributed by atoms with van der Waals surface area (Å²) in [6.45, 7) is 2.24. The number of aliphatic hydroxyl groups excluding tert-OH is 1. The molecule has 1 fully saturated rings. The molecule has 1 aliphatic carbocycles. The Morgan fingerprint density at radius 2 is 2.05 bits per heavy atom. The Bertz CT molecular complexity index is 430. The molecule has 3 heteroatoms. The fourth-order valence-corrected chi connectivity index (χ4v) is 3.31. The van der Waals surface area contributed by atoms with Gasteiger partial charge in [0.05, 0.1) is 20.3 Å². The van der Waals surface area contributed by atoms with Crippen LogP contribution in [0.25, 0.3) is 0 Å². The minimum atomic E-state index is -0.440. The molecule has 2 rings (SSSR count). The lowest BCUT2D eigenvalue weighted by molar-refractivity contribution is 0.0657. The first kappa shape index (κ1) is 15.2. The highest BCUT2D eigenvalue weighted by atomic mass is 16.5. The monoisotopic (exact) mass is 278 g/mol. The van der Waals surface area contributed by atoms with Crippen LogP contribution < -0.4 is 9.47 Å². The van der Waals surface area contributed by atoms with E-state index in [1.807, 2.05) is 18.2 Å². The van der Waals surface area contributed by atoms with Crippen LogP contribution >= 0.6 is 0 Å². The molecule has 0 bridgehead atoms. The Labute approximate surface area is 121 Å². The Morgan fingerprint density at radius 3 is 2.70 bits per heavy atom. The molecule has 20 heavy (non-hydrogen) atoms. The first-order chi connectivity index (χ1) is 9.69. The van der Waals surface area contributed by atoms with Crippen LogP contribution in [0.15, 0.2) is 18.2 Å². The molecule has 0 spiro atoms. The molecule has 1 N–H and O–H groups in total. The largest absolute Gasteiger partial charge is 0.497 e. The summed E-state index contributed by atoms with van der Waals surface area (Å²) in [6, 6.07) is 5.66. The van der Waals surface area contributed by atoms with Crippen LogP contribution in [0.5, 0.6) is 11.5 Å². The molecule has 1 aromatic rings. The maximum absolute atomic E-state index is 10.7. The second-order valence-electron chi connectivity index (χ2n) is 5.75. The lowest BCUT2D eigenvalue weighted by Gasteiger charge is -2.32. The molecular weight excluding hydrogens is 252 g/mol. The molecule has 0 amide bonds. The van der Waals surface area contributed by atoms with E-state index in [4.69, 9.17) is 9.47 Å². The predicted molar refractivity (Wildman–Crippen MR) is 80.2 cm³/mol. The summed E-state index contributed by atoms with van der Waals surface area (Å²) >= 11 is 0. The first-order valence-electron chi connectivity index (χ1n) is 7.59. The van der Waals surface area contributed by atoms with Gasteiger partial charge in [-0.15, -0.1) is 0 Å². The second-order valence-corrected chi connectivity index (χ2v) is 5.75. The Kier molecular flexibility index (Phi) is 5.30. The van der Waals surface area contributed by atoms with E-state index in [9.17, 15) is 5.11 Å². The second kappa shape index (κ2) is 6.98. The Morgan fingerprint density at radius 1 is 1.25 bits per heavy atom. The molecular formula is C17H26O3. The average molecular weight is 278 g/mol. The number of hydrogen-bond donors (Lipinski definition) is 1. The smallest absolute Gasteiger partial charge is 0.128 e. The number of benzene rings is 1. The zero-order chi connectivity index (χ0) is 14.5. The summed E-state index contributed by atoms with van der Waals surface area (Å²) in [5, 5.41) is 10.7. The van der Waals surface area contributed by atoms with Crippen LogP contribution in [-0.2, 0) is 0 Å². The van der Waals surface area contributed by atoms with Gasteiger partial charge in [-0.05, 0) is 36.8 Å². The van der Waals surface area contributed by atoms with Crippen molar-refractivity contribution in [2.75, 3.05) is 14.2 Å². The minimum Gasteiger partial charge on any atom is -0.497 e. The van der Waals surface area contributed by atoms with Crippen LogP contribution in [0.4, 0.5) is 0 Å². The van der Waals surface area contributed by atoms with Gasteiger partial charge in [0.25, 0.3) is 0 Å². The SMILES string of the molecule is CCC1CCCC(C(O)c2ccc(OC)cc2OC)C1. The maximum atomic E-state index is 10.7. The van der Waals surface area contributed by atoms with Gasteiger partial charge in [-0.1, -0.05) is 26.2 Å². The van der Waals surface area contributed by atoms with Crippen LogP contribution in [0.3, 0.4) is 0 Å². The standard InChI is InChI=1S/C17H26O3/c1-4-12-6-5-7-13(10-12)17(18)15-9-8-14(19-2)11-16(15)20-3/h8-9,11-13,17-18H,4-7,10H2,1-3H3. The summed E-state index contributed by atoms with van der Waals surface area (Å²) in [7, 11) is 3.28. The van der Waals surface area contributed by atoms with Gasteiger partial charge in [0.2, 0.25) is 0 Å². The number of rotatable bonds is 5. The summed E-state index contributed by atoms with van der Waals surface area (Å²) in [5.41, 5.74) is 0.884. The minimum absolute atomic E-state index is 0.344. The third kappa shape index (κ3) is 3.26. The quantitative estimate of drug-likeness (QED) is 0.886. The summed E-state index contributed by atoms with van der Waals surface area (Å²) in [4.78, 5) is 0. The lowest BCUT2D eigenvalue weighted by Crippen LogP contribution is -2.21. The van der Waals surface area contributed by atoms with Gasteiger partial charge in [-0.3, -0.25) is 0 Å². The van der Waals surface area contributed by atoms with Gasteiger partial charge in [-0.2, -0.15) is 0 Å². The van der Waals surface area contributed by atoms with Gasteiger partial charge in [0, 0.05) is 11.6 Å². The van der Waals surface area contributed by atoms with Crippen molar-refractivity contribution in [2.24, 2.45) is 11.8 Å². The van der Waals surface area contributed by atoms with E-state index in [1.54, 1.807) is 14.2 Å². The summed E-state index contributed by atoms with van der Waals surface area (Å²) < 4.78 is 10.6. The Hall–Kier alpha value is -1.22. The van der Waals surface area contributed by atoms with Crippen molar-refractivity contribution in [3.8, 4) is 11.5 Å². The van der Waals surface area contributed by atoms with Gasteiger partial charge in [0.1, 0.15) is 11.5 Å². The molecule has 1 aliphatic rings. The van der Waals surface area contributed by atoms with E-state index in [-0.39, 0.29) is 0 Å². The van der Waals surface area contributed by atoms with Gasteiger partial charge < -0.3 is 14.6 Å². The van der Waals surface area contributed by atoms with Crippen molar-refractivity contribution in [1.82, 2.24) is 0 Å². The number of ether oxygens (including phenoxy) is 2. The summed E-state index contributed by atoms with van der Waals surface area (Å²) in [6.07, 6.45) is 5.52. The van der Waals surface area contributed by atoms with Crippen molar-refractivity contribution < 1.29 is 14.6 Å². The van der Waals surface area contributed by atoms with E-state index < -0.39 is 6.10 Å². The van der Waals surface area contributed by atoms with Crippen LogP contribution in [0.2, 0.25) is 0 Å². The number of hydrogen-bond acceptors (Lipinski definition) is 3. The summed E-state index contributed by atoms with van der Waals surface area (Å²) in [5.74, 6) is 2.58. The third-order valence-electron chi connectivity index (χ3n) is 4.61. The molecule has 1 saturated carbocycles. The van der Waals surface area contributed by atoms with Crippen LogP contribution in [0, 0.1) is 11.8 Å². The molecule has 0 radical (unpaired) electrons. The molecule has 0 saturated heterocycles. The molecule has 0 aromatic heterocycles. The molecule has 1 aromatic carbocycles. The fraction of sp³-hybridized carbons (Fsp3) is 0.647. The van der Waals surface area contributed by atoms with E-state index >= 15 is 0 Å². The Balaban J connectivity index is 2.17. The highest BCUT2D eigenvalue weighted by Crippen LogP contribution is 2.41. The van der Waals surface area contributed by atoms with Crippen molar-refractivity contribution in [3.63, 3.8) is 0 Å². The van der Waals surface area contributed by atoms with Crippen molar-refractivity contribution in [2.45, 2.75) is 45.1 Å². The predicted octanol–water partition coefficient (Wildman–Crippen LogP) is 3.95. The van der Waals surface area contributed by atoms with E-state index in [0.717, 1.165) is 35.8 Å². The number of methoxy groups -OCH3 is 2. The molecule has 112 valence electrons. The topological polar surface area (TPSA) is 38.7 Å². The average Bonchev–Trinajstić information content (AvgIpc) is 2.53. The highest BCUT2D eigenvalue weighted by molar-refractivity contribution is 5.42. The maximum Gasteiger partial charge on any atom is 0.128 e. The van der Waals surface area contributed by atoms with Crippen molar-refractivity contribution in [1.29, 1.82) is 0 Å². The van der Waals surface area contributed by atoms with Crippen molar-refractivity contribution in [3.05, 3.63) is 23.8 Å². The van der Waals surface area contributed by atoms with E-state index in [2.05, 4.69) is 6.92 Å². The highest BCUT2D eigenvalue weighted by Gasteiger charge is 2.29. The number of aliphatic hydroxyl groups is 1. The van der Waals surface area contributed by atoms with Gasteiger partial charge in [-0.25, -0.2) is 0 Å². The molecule has 3 atom stereocenters. The molecule has 0 aliphatic heterocycles. The van der Waals surface area contributed by atoms with Crippen LogP contribution in [0.1, 0.15) is 50.7 Å². The van der Waals surface area contributed by atoms with Crippen LogP contribution in [-0.4, -0.2) is 19.3 Å². The molecule has 0 heterocycles. The van der Waals surface area contributed by atoms with Gasteiger partial charge in [0.15, 0.2) is 0 Å². The fourth-order valence-electron chi connectivity index (χ4n) is 3.31. The molecule has 3 unspecified atom stereocenters. The molecule has 3 nitrogen and oxygen atoms in total.